The molecule has 0 spiro atoms. The molecule has 1 aromatic carbocycles. The summed E-state index contributed by atoms with van der Waals surface area (Å²) in [6.45, 7) is 5.61. The molecule has 1 fully saturated rings. The number of halogens is 3. The number of para-hydroxylation sites is 1. The van der Waals surface area contributed by atoms with E-state index in [-0.39, 0.29) is 22.2 Å². The van der Waals surface area contributed by atoms with Gasteiger partial charge >= 0.3 is 6.18 Å². The summed E-state index contributed by atoms with van der Waals surface area (Å²) >= 11 is 1.04. The Morgan fingerprint density at radius 3 is 2.50 bits per heavy atom. The van der Waals surface area contributed by atoms with E-state index in [1.54, 1.807) is 23.1 Å². The molecule has 1 aromatic heterocycles. The number of nitrogens with zero attached hydrogens (tertiary/aromatic N) is 3. The molecule has 1 aliphatic rings. The summed E-state index contributed by atoms with van der Waals surface area (Å²) in [7, 11) is 0. The van der Waals surface area contributed by atoms with Crippen molar-refractivity contribution in [1.29, 1.82) is 0 Å². The predicted octanol–water partition coefficient (Wildman–Crippen LogP) is 4.25. The Kier molecular flexibility index (Phi) is 5.41. The zero-order valence-electron chi connectivity index (χ0n) is 14.6. The summed E-state index contributed by atoms with van der Waals surface area (Å²) in [5.41, 5.74) is 0.227. The maximum Gasteiger partial charge on any atom is 0.451 e. The number of hydrogen-bond donors (Lipinski definition) is 0. The standard InChI is InChI=1S/C18H20F3N3OS/c1-11-7-12(2)9-24(8-11)15(25)10-26-16-13-5-3-4-6-14(13)22-17(23-16)18(19,20)21/h3-6,11-12H,7-10H2,1-2H3/t11-,12+. The largest absolute Gasteiger partial charge is 0.451 e. The third kappa shape index (κ3) is 4.28. The highest BCUT2D eigenvalue weighted by Crippen LogP contribution is 2.32. The van der Waals surface area contributed by atoms with Gasteiger partial charge in [-0.15, -0.1) is 0 Å². The van der Waals surface area contributed by atoms with Crippen LogP contribution in [-0.2, 0) is 11.0 Å². The van der Waals surface area contributed by atoms with E-state index in [4.69, 9.17) is 0 Å². The molecule has 3 rings (SSSR count). The highest BCUT2D eigenvalue weighted by atomic mass is 32.2. The van der Waals surface area contributed by atoms with Crippen LogP contribution >= 0.6 is 11.8 Å². The van der Waals surface area contributed by atoms with Crippen LogP contribution in [-0.4, -0.2) is 39.6 Å². The average molecular weight is 383 g/mol. The van der Waals surface area contributed by atoms with Crippen LogP contribution in [0.4, 0.5) is 13.2 Å². The number of carbonyl (C=O) groups excluding carboxylic acids is 1. The van der Waals surface area contributed by atoms with Crippen molar-refractivity contribution in [3.8, 4) is 0 Å². The van der Waals surface area contributed by atoms with E-state index in [9.17, 15) is 18.0 Å². The third-order valence-corrected chi connectivity index (χ3v) is 5.35. The van der Waals surface area contributed by atoms with Crippen LogP contribution in [0, 0.1) is 11.8 Å². The third-order valence-electron chi connectivity index (χ3n) is 4.38. The number of alkyl halides is 3. The van der Waals surface area contributed by atoms with Crippen LogP contribution < -0.4 is 0 Å². The highest BCUT2D eigenvalue weighted by molar-refractivity contribution is 8.00. The molecule has 0 bridgehead atoms. The Morgan fingerprint density at radius 1 is 1.19 bits per heavy atom. The number of carbonyl (C=O) groups is 1. The van der Waals surface area contributed by atoms with Crippen molar-refractivity contribution in [2.75, 3.05) is 18.8 Å². The van der Waals surface area contributed by atoms with Gasteiger partial charge in [-0.25, -0.2) is 9.97 Å². The van der Waals surface area contributed by atoms with Gasteiger partial charge in [0.1, 0.15) is 5.03 Å². The molecule has 1 amide bonds. The van der Waals surface area contributed by atoms with Crippen molar-refractivity contribution in [3.05, 3.63) is 30.1 Å². The van der Waals surface area contributed by atoms with E-state index < -0.39 is 12.0 Å². The molecule has 26 heavy (non-hydrogen) atoms. The molecular weight excluding hydrogens is 363 g/mol. The number of thioether (sulfide) groups is 1. The normalized spacial score (nSPS) is 21.2. The molecule has 0 N–H and O–H groups in total. The van der Waals surface area contributed by atoms with E-state index >= 15 is 0 Å². The second-order valence-corrected chi connectivity index (χ2v) is 7.86. The molecule has 4 nitrogen and oxygen atoms in total. The Morgan fingerprint density at radius 2 is 1.85 bits per heavy atom. The molecule has 140 valence electrons. The minimum atomic E-state index is -4.62. The molecule has 1 saturated heterocycles. The smallest absolute Gasteiger partial charge is 0.341 e. The maximum absolute atomic E-state index is 13.1. The van der Waals surface area contributed by atoms with Crippen LogP contribution in [0.25, 0.3) is 10.9 Å². The van der Waals surface area contributed by atoms with Crippen molar-refractivity contribution in [3.63, 3.8) is 0 Å². The molecule has 0 aliphatic carbocycles. The van der Waals surface area contributed by atoms with Crippen molar-refractivity contribution in [2.24, 2.45) is 11.8 Å². The van der Waals surface area contributed by atoms with Crippen LogP contribution in [0.1, 0.15) is 26.1 Å². The molecule has 0 unspecified atom stereocenters. The summed E-state index contributed by atoms with van der Waals surface area (Å²) in [6, 6.07) is 6.55. The first-order valence-corrected chi connectivity index (χ1v) is 9.47. The number of rotatable bonds is 3. The van der Waals surface area contributed by atoms with Crippen LogP contribution in [0.5, 0.6) is 0 Å². The van der Waals surface area contributed by atoms with Crippen LogP contribution in [0.2, 0.25) is 0 Å². The number of aromatic nitrogens is 2. The predicted molar refractivity (Wildman–Crippen MR) is 94.8 cm³/mol. The van der Waals surface area contributed by atoms with Gasteiger partial charge in [-0.2, -0.15) is 13.2 Å². The maximum atomic E-state index is 13.1. The Bertz CT molecular complexity index is 802. The minimum absolute atomic E-state index is 0.0651. The molecule has 0 saturated carbocycles. The summed E-state index contributed by atoms with van der Waals surface area (Å²) in [5.74, 6) is -0.303. The fourth-order valence-corrected chi connectivity index (χ4v) is 4.29. The number of fused-ring (bicyclic) bond motifs is 1. The van der Waals surface area contributed by atoms with Gasteiger partial charge in [0.2, 0.25) is 11.7 Å². The molecule has 8 heteroatoms. The lowest BCUT2D eigenvalue weighted by molar-refractivity contribution is -0.145. The van der Waals surface area contributed by atoms with Gasteiger partial charge in [-0.05, 0) is 24.3 Å². The molecule has 0 radical (unpaired) electrons. The van der Waals surface area contributed by atoms with Gasteiger partial charge in [0.15, 0.2) is 0 Å². The van der Waals surface area contributed by atoms with Gasteiger partial charge in [0.05, 0.1) is 11.3 Å². The quantitative estimate of drug-likeness (QED) is 0.587. The number of hydrogen-bond acceptors (Lipinski definition) is 4. The lowest BCUT2D eigenvalue weighted by Crippen LogP contribution is -2.43. The monoisotopic (exact) mass is 383 g/mol. The van der Waals surface area contributed by atoms with E-state index in [2.05, 4.69) is 23.8 Å². The van der Waals surface area contributed by atoms with Gasteiger partial charge in [-0.1, -0.05) is 43.8 Å². The zero-order valence-corrected chi connectivity index (χ0v) is 15.4. The molecule has 2 aromatic rings. The van der Waals surface area contributed by atoms with Gasteiger partial charge in [-0.3, -0.25) is 4.79 Å². The van der Waals surface area contributed by atoms with Gasteiger partial charge in [0, 0.05) is 18.5 Å². The van der Waals surface area contributed by atoms with Crippen molar-refractivity contribution in [1.82, 2.24) is 14.9 Å². The van der Waals surface area contributed by atoms with Crippen molar-refractivity contribution >= 4 is 28.6 Å². The van der Waals surface area contributed by atoms with Gasteiger partial charge in [0.25, 0.3) is 0 Å². The molecule has 1 aliphatic heterocycles. The number of piperidine rings is 1. The first-order chi connectivity index (χ1) is 12.2. The first-order valence-electron chi connectivity index (χ1n) is 8.48. The fraction of sp³-hybridized carbons (Fsp3) is 0.500. The van der Waals surface area contributed by atoms with E-state index in [1.807, 2.05) is 0 Å². The number of benzene rings is 1. The molecule has 2 heterocycles. The summed E-state index contributed by atoms with van der Waals surface area (Å²) in [5, 5.41) is 0.716. The Hall–Kier alpha value is -1.83. The van der Waals surface area contributed by atoms with E-state index in [0.717, 1.165) is 18.2 Å². The van der Waals surface area contributed by atoms with E-state index in [1.165, 1.54) is 6.07 Å². The Balaban J connectivity index is 1.81. The lowest BCUT2D eigenvalue weighted by atomic mass is 9.92. The van der Waals surface area contributed by atoms with Crippen LogP contribution in [0.15, 0.2) is 29.3 Å². The number of likely N-dealkylation sites (tertiary alicyclic amines) is 1. The molecule has 2 atom stereocenters. The molecular formula is C18H20F3N3OS. The Labute approximate surface area is 154 Å². The van der Waals surface area contributed by atoms with Crippen molar-refractivity contribution < 1.29 is 18.0 Å². The zero-order chi connectivity index (χ0) is 18.9. The fourth-order valence-electron chi connectivity index (χ4n) is 3.37. The summed E-state index contributed by atoms with van der Waals surface area (Å²) in [4.78, 5) is 21.6. The number of amides is 1. The SMILES string of the molecule is C[C@@H]1C[C@H](C)CN(C(=O)CSc2nc(C(F)(F)F)nc3ccccc23)C1. The minimum Gasteiger partial charge on any atom is -0.341 e. The van der Waals surface area contributed by atoms with Crippen molar-refractivity contribution in [2.45, 2.75) is 31.5 Å². The topological polar surface area (TPSA) is 46.1 Å². The van der Waals surface area contributed by atoms with E-state index in [0.29, 0.717) is 30.3 Å². The second-order valence-electron chi connectivity index (χ2n) is 6.90. The summed E-state index contributed by atoms with van der Waals surface area (Å²) in [6.07, 6.45) is -3.54. The van der Waals surface area contributed by atoms with Crippen LogP contribution in [0.3, 0.4) is 0 Å². The lowest BCUT2D eigenvalue weighted by Gasteiger charge is -2.35. The van der Waals surface area contributed by atoms with Gasteiger partial charge < -0.3 is 4.90 Å². The average Bonchev–Trinajstić information content (AvgIpc) is 2.57. The summed E-state index contributed by atoms with van der Waals surface area (Å²) < 4.78 is 39.2. The first kappa shape index (κ1) is 18.9. The highest BCUT2D eigenvalue weighted by Gasteiger charge is 2.35. The second kappa shape index (κ2) is 7.42.